The van der Waals surface area contributed by atoms with E-state index in [4.69, 9.17) is 18.9 Å². The van der Waals surface area contributed by atoms with Crippen LogP contribution in [0.5, 0.6) is 0 Å². The fourth-order valence-electron chi connectivity index (χ4n) is 7.35. The summed E-state index contributed by atoms with van der Waals surface area (Å²) in [4.78, 5) is 16.9. The van der Waals surface area contributed by atoms with E-state index in [9.17, 15) is 13.6 Å². The van der Waals surface area contributed by atoms with E-state index in [1.807, 2.05) is 9.80 Å². The maximum Gasteiger partial charge on any atom is 0.410 e. The second-order valence-electron chi connectivity index (χ2n) is 12.8. The van der Waals surface area contributed by atoms with Gasteiger partial charge in [0.25, 0.3) is 6.43 Å². The lowest BCUT2D eigenvalue weighted by Gasteiger charge is -2.43. The Kier molecular flexibility index (Phi) is 8.40. The molecule has 1 saturated carbocycles. The fraction of sp³-hybridized carbons (Fsp3) is 0.897. The summed E-state index contributed by atoms with van der Waals surface area (Å²) in [6.07, 6.45) is 5.88. The van der Waals surface area contributed by atoms with E-state index in [1.165, 1.54) is 5.57 Å². The van der Waals surface area contributed by atoms with Gasteiger partial charge in [0.05, 0.1) is 25.2 Å². The maximum atomic E-state index is 13.2. The van der Waals surface area contributed by atoms with Crippen LogP contribution in [0.15, 0.2) is 11.6 Å². The second-order valence-corrected chi connectivity index (χ2v) is 12.8. The Labute approximate surface area is 226 Å². The molecule has 4 heterocycles. The number of ether oxygens (including phenoxy) is 4. The highest BCUT2D eigenvalue weighted by molar-refractivity contribution is 5.68. The van der Waals surface area contributed by atoms with Crippen molar-refractivity contribution in [1.29, 1.82) is 0 Å². The largest absolute Gasteiger partial charge is 0.443 e. The first-order chi connectivity index (χ1) is 18.1. The summed E-state index contributed by atoms with van der Waals surface area (Å²) in [7, 11) is 1.71. The van der Waals surface area contributed by atoms with Crippen molar-refractivity contribution in [2.45, 2.75) is 102 Å². The molecule has 1 amide bonds. The molecule has 0 bridgehead atoms. The molecule has 216 valence electrons. The first kappa shape index (κ1) is 28.2. The number of piperidine rings is 1. The van der Waals surface area contributed by atoms with Crippen molar-refractivity contribution in [2.75, 3.05) is 46.4 Å². The summed E-state index contributed by atoms with van der Waals surface area (Å²) in [5.74, 6) is 1.15. The number of carbonyl (C=O) groups excluding carboxylic acids is 1. The minimum Gasteiger partial charge on any atom is -0.443 e. The third-order valence-corrected chi connectivity index (χ3v) is 9.77. The minimum atomic E-state index is -2.24. The van der Waals surface area contributed by atoms with Gasteiger partial charge in [0, 0.05) is 33.3 Å². The van der Waals surface area contributed by atoms with Crippen LogP contribution in [-0.4, -0.2) is 98.3 Å². The van der Waals surface area contributed by atoms with Crippen molar-refractivity contribution in [3.63, 3.8) is 0 Å². The van der Waals surface area contributed by atoms with Crippen LogP contribution < -0.4 is 0 Å². The summed E-state index contributed by atoms with van der Waals surface area (Å²) >= 11 is 0. The Bertz CT molecular complexity index is 865. The number of amides is 1. The molecular formula is C29H46F2N2O5. The van der Waals surface area contributed by atoms with Crippen LogP contribution >= 0.6 is 0 Å². The monoisotopic (exact) mass is 540 g/mol. The molecule has 38 heavy (non-hydrogen) atoms. The van der Waals surface area contributed by atoms with Crippen molar-refractivity contribution in [3.05, 3.63) is 11.6 Å². The molecule has 6 atom stereocenters. The highest BCUT2D eigenvalue weighted by Gasteiger charge is 2.72. The van der Waals surface area contributed by atoms with Crippen LogP contribution in [0.1, 0.15) is 65.7 Å². The van der Waals surface area contributed by atoms with E-state index in [2.05, 4.69) is 26.8 Å². The number of carbonyl (C=O) groups is 1. The number of halogens is 2. The number of likely N-dealkylation sites (tertiary alicyclic amines) is 2. The molecule has 9 heteroatoms. The van der Waals surface area contributed by atoms with E-state index < -0.39 is 6.43 Å². The van der Waals surface area contributed by atoms with Gasteiger partial charge in [-0.2, -0.15) is 0 Å². The number of alkyl halides is 2. The van der Waals surface area contributed by atoms with Crippen molar-refractivity contribution < 1.29 is 32.5 Å². The van der Waals surface area contributed by atoms with Crippen LogP contribution in [0.25, 0.3) is 0 Å². The fourth-order valence-corrected chi connectivity index (χ4v) is 7.35. The highest BCUT2D eigenvalue weighted by atomic mass is 19.3. The van der Waals surface area contributed by atoms with Crippen LogP contribution in [0.2, 0.25) is 0 Å². The second kappa shape index (κ2) is 11.3. The van der Waals surface area contributed by atoms with Crippen molar-refractivity contribution in [2.24, 2.45) is 17.8 Å². The van der Waals surface area contributed by atoms with Gasteiger partial charge in [-0.25, -0.2) is 13.6 Å². The molecule has 5 fully saturated rings. The van der Waals surface area contributed by atoms with E-state index in [1.54, 1.807) is 7.11 Å². The molecular weight excluding hydrogens is 494 g/mol. The van der Waals surface area contributed by atoms with E-state index in [0.717, 1.165) is 58.0 Å². The van der Waals surface area contributed by atoms with Gasteiger partial charge < -0.3 is 23.8 Å². The van der Waals surface area contributed by atoms with Gasteiger partial charge in [-0.1, -0.05) is 11.6 Å². The zero-order valence-corrected chi connectivity index (χ0v) is 23.5. The predicted molar refractivity (Wildman–Crippen MR) is 139 cm³/mol. The zero-order chi connectivity index (χ0) is 27.1. The van der Waals surface area contributed by atoms with Gasteiger partial charge in [0.2, 0.25) is 0 Å². The first-order valence-corrected chi connectivity index (χ1v) is 14.6. The minimum absolute atomic E-state index is 0.0240. The molecule has 4 aliphatic heterocycles. The van der Waals surface area contributed by atoms with Crippen LogP contribution in [0.4, 0.5) is 13.6 Å². The molecule has 0 radical (unpaired) electrons. The van der Waals surface area contributed by atoms with Crippen molar-refractivity contribution in [3.8, 4) is 0 Å². The summed E-state index contributed by atoms with van der Waals surface area (Å²) in [6, 6.07) is 0. The molecule has 7 nitrogen and oxygen atoms in total. The number of nitrogens with zero attached hydrogens (tertiary/aromatic N) is 2. The third-order valence-electron chi connectivity index (χ3n) is 9.77. The molecule has 5 aliphatic rings. The lowest BCUT2D eigenvalue weighted by molar-refractivity contribution is -0.122. The van der Waals surface area contributed by atoms with Crippen LogP contribution in [0.3, 0.4) is 0 Å². The zero-order valence-electron chi connectivity index (χ0n) is 23.5. The first-order valence-electron chi connectivity index (χ1n) is 14.6. The Hall–Kier alpha value is -1.29. The van der Waals surface area contributed by atoms with Crippen LogP contribution in [0, 0.1) is 17.8 Å². The quantitative estimate of drug-likeness (QED) is 0.290. The van der Waals surface area contributed by atoms with Gasteiger partial charge in [0.1, 0.15) is 23.4 Å². The predicted octanol–water partition coefficient (Wildman–Crippen LogP) is 4.89. The molecule has 1 aliphatic carbocycles. The van der Waals surface area contributed by atoms with Crippen molar-refractivity contribution in [1.82, 2.24) is 9.80 Å². The highest BCUT2D eigenvalue weighted by Crippen LogP contribution is 2.59. The van der Waals surface area contributed by atoms with E-state index in [0.29, 0.717) is 31.5 Å². The normalized spacial score (nSPS) is 37.8. The number of rotatable bonds is 10. The smallest absolute Gasteiger partial charge is 0.410 e. The van der Waals surface area contributed by atoms with Crippen molar-refractivity contribution >= 4 is 6.09 Å². The van der Waals surface area contributed by atoms with Crippen LogP contribution in [-0.2, 0) is 18.9 Å². The molecule has 0 aromatic rings. The van der Waals surface area contributed by atoms with E-state index in [-0.39, 0.29) is 48.1 Å². The number of epoxide rings is 2. The summed E-state index contributed by atoms with van der Waals surface area (Å²) in [5.41, 5.74) is 0.707. The average Bonchev–Trinajstić information content (AvgIpc) is 3.77. The molecule has 1 spiro atoms. The molecule has 4 unspecified atom stereocenters. The number of allylic oxidation sites excluding steroid dienone is 1. The Morgan fingerprint density at radius 3 is 2.42 bits per heavy atom. The molecule has 0 aromatic heterocycles. The summed E-state index contributed by atoms with van der Waals surface area (Å²) in [5, 5.41) is 0. The summed E-state index contributed by atoms with van der Waals surface area (Å²) < 4.78 is 49.4. The standard InChI is InChI=1S/C29H46F2N2O5/c1-19(2)5-8-23-28(3,38-23)26-25(35-4)22(9-12-29(26)18-36-29)37-27(34)33-13-10-20(11-14-33)6-7-21-15-32(16-21)17-24(30)31/h5,20-26H,6-18H2,1-4H3/t22?,23-,25?,26?,28+,29?/m1/s1. The van der Waals surface area contributed by atoms with Gasteiger partial charge in [-0.3, -0.25) is 4.90 Å². The van der Waals surface area contributed by atoms with Gasteiger partial charge in [-0.15, -0.1) is 0 Å². The topological polar surface area (TPSA) is 67.1 Å². The molecule has 0 N–H and O–H groups in total. The summed E-state index contributed by atoms with van der Waals surface area (Å²) in [6.45, 7) is 9.98. The van der Waals surface area contributed by atoms with Gasteiger partial charge >= 0.3 is 6.09 Å². The lowest BCUT2D eigenvalue weighted by atomic mass is 9.68. The molecule has 5 rings (SSSR count). The average molecular weight is 541 g/mol. The van der Waals surface area contributed by atoms with Gasteiger partial charge in [-0.05, 0) is 77.6 Å². The van der Waals surface area contributed by atoms with E-state index >= 15 is 0 Å². The number of hydrogen-bond donors (Lipinski definition) is 0. The maximum absolute atomic E-state index is 13.2. The Morgan fingerprint density at radius 1 is 1.13 bits per heavy atom. The lowest BCUT2D eigenvalue weighted by Crippen LogP contribution is -2.56. The molecule has 4 saturated heterocycles. The number of methoxy groups -OCH3 is 1. The van der Waals surface area contributed by atoms with Gasteiger partial charge in [0.15, 0.2) is 0 Å². The SMILES string of the molecule is COC1C(OC(=O)N2CCC(CCC3CN(CC(F)F)C3)CC2)CCC2(CO2)C1[C@@]1(C)O[C@@H]1CC=C(C)C. The third kappa shape index (κ3) is 6.06. The Morgan fingerprint density at radius 2 is 1.82 bits per heavy atom. The number of hydrogen-bond acceptors (Lipinski definition) is 6. The molecule has 0 aromatic carbocycles. The Balaban J connectivity index is 1.09.